The van der Waals surface area contributed by atoms with E-state index in [2.05, 4.69) is 20.7 Å². The molecule has 2 aromatic rings. The molecule has 2 aromatic carbocycles. The van der Waals surface area contributed by atoms with Gasteiger partial charge >= 0.3 is 0 Å². The van der Waals surface area contributed by atoms with Crippen LogP contribution in [0.4, 0.5) is 5.69 Å². The number of nitro groups is 1. The summed E-state index contributed by atoms with van der Waals surface area (Å²) < 4.78 is 27.4. The molecule has 2 rings (SSSR count). The minimum Gasteiger partial charge on any atom is -0.258 e. The maximum atomic E-state index is 12.1. The maximum absolute atomic E-state index is 12.1. The number of non-ortho nitro benzene ring substituents is 1. The number of nitrogens with one attached hydrogen (secondary N) is 1. The first kappa shape index (κ1) is 16.6. The fraction of sp³-hybridized carbons (Fsp3) is 0.143. The number of halogens is 1. The highest BCUT2D eigenvalue weighted by Gasteiger charge is 2.13. The molecule has 22 heavy (non-hydrogen) atoms. The molecule has 0 heterocycles. The fourth-order valence-electron chi connectivity index (χ4n) is 1.81. The van der Waals surface area contributed by atoms with Crippen molar-refractivity contribution in [1.29, 1.82) is 0 Å². The maximum Gasteiger partial charge on any atom is 0.269 e. The van der Waals surface area contributed by atoms with Gasteiger partial charge in [0.25, 0.3) is 5.69 Å². The van der Waals surface area contributed by atoms with Gasteiger partial charge in [0.15, 0.2) is 0 Å². The highest BCUT2D eigenvalue weighted by Crippen LogP contribution is 2.15. The zero-order chi connectivity index (χ0) is 16.2. The molecule has 0 unspecified atom stereocenters. The summed E-state index contributed by atoms with van der Waals surface area (Å²) in [6, 6.07) is 12.4. The predicted molar refractivity (Wildman–Crippen MR) is 86.1 cm³/mol. The number of rotatable bonds is 6. The van der Waals surface area contributed by atoms with Crippen LogP contribution in [0.5, 0.6) is 0 Å². The van der Waals surface area contributed by atoms with Crippen LogP contribution < -0.4 is 4.72 Å². The van der Waals surface area contributed by atoms with Gasteiger partial charge in [0.2, 0.25) is 10.0 Å². The van der Waals surface area contributed by atoms with Gasteiger partial charge in [-0.15, -0.1) is 0 Å². The third-order valence-electron chi connectivity index (χ3n) is 2.98. The molecule has 0 saturated carbocycles. The van der Waals surface area contributed by atoms with Gasteiger partial charge in [-0.2, -0.15) is 0 Å². The van der Waals surface area contributed by atoms with Crippen molar-refractivity contribution in [2.24, 2.45) is 0 Å². The molecule has 6 nitrogen and oxygen atoms in total. The molecule has 0 atom stereocenters. The average molecular weight is 385 g/mol. The summed E-state index contributed by atoms with van der Waals surface area (Å²) in [6.45, 7) is 0.218. The van der Waals surface area contributed by atoms with E-state index >= 15 is 0 Å². The van der Waals surface area contributed by atoms with E-state index in [9.17, 15) is 18.5 Å². The molecule has 0 amide bonds. The Morgan fingerprint density at radius 3 is 2.18 bits per heavy atom. The summed E-state index contributed by atoms with van der Waals surface area (Å²) >= 11 is 3.25. The first-order valence-electron chi connectivity index (χ1n) is 6.37. The van der Waals surface area contributed by atoms with E-state index in [1.807, 2.05) is 0 Å². The normalized spacial score (nSPS) is 11.3. The van der Waals surface area contributed by atoms with Gasteiger partial charge in [-0.25, -0.2) is 13.1 Å². The Morgan fingerprint density at radius 2 is 1.64 bits per heavy atom. The van der Waals surface area contributed by atoms with Crippen molar-refractivity contribution in [2.45, 2.75) is 11.3 Å². The number of hydrogen-bond donors (Lipinski definition) is 1. The van der Waals surface area contributed by atoms with E-state index in [0.29, 0.717) is 6.42 Å². The Hall–Kier alpha value is -1.77. The van der Waals surface area contributed by atoms with Gasteiger partial charge < -0.3 is 0 Å². The molecule has 1 N–H and O–H groups in total. The second-order valence-corrected chi connectivity index (χ2v) is 7.21. The standard InChI is InChI=1S/C14H13BrN2O4S/c15-12-3-7-14(8-4-12)22(20,21)16-10-9-11-1-5-13(6-2-11)17(18)19/h1-8,16H,9-10H2. The number of sulfonamides is 1. The fourth-order valence-corrected chi connectivity index (χ4v) is 3.11. The summed E-state index contributed by atoms with van der Waals surface area (Å²) in [7, 11) is -3.55. The van der Waals surface area contributed by atoms with Crippen LogP contribution in [0.25, 0.3) is 0 Å². The molecule has 116 valence electrons. The molecular weight excluding hydrogens is 372 g/mol. The minimum absolute atomic E-state index is 0.0131. The smallest absolute Gasteiger partial charge is 0.258 e. The van der Waals surface area contributed by atoms with Gasteiger partial charge in [-0.3, -0.25) is 10.1 Å². The van der Waals surface area contributed by atoms with E-state index in [1.165, 1.54) is 24.3 Å². The highest BCUT2D eigenvalue weighted by molar-refractivity contribution is 9.10. The Labute approximate surface area is 136 Å². The minimum atomic E-state index is -3.55. The lowest BCUT2D eigenvalue weighted by atomic mass is 10.1. The van der Waals surface area contributed by atoms with Gasteiger partial charge in [0, 0.05) is 23.2 Å². The monoisotopic (exact) mass is 384 g/mol. The molecular formula is C14H13BrN2O4S. The van der Waals surface area contributed by atoms with Gasteiger partial charge in [0.05, 0.1) is 9.82 Å². The zero-order valence-corrected chi connectivity index (χ0v) is 13.8. The molecule has 0 aromatic heterocycles. The second kappa shape index (κ2) is 6.99. The SMILES string of the molecule is O=[N+]([O-])c1ccc(CCNS(=O)(=O)c2ccc(Br)cc2)cc1. The lowest BCUT2D eigenvalue weighted by Gasteiger charge is -2.07. The van der Waals surface area contributed by atoms with E-state index in [4.69, 9.17) is 0 Å². The lowest BCUT2D eigenvalue weighted by Crippen LogP contribution is -2.25. The molecule has 0 bridgehead atoms. The third kappa shape index (κ3) is 4.36. The number of nitro benzene ring substituents is 1. The molecule has 0 saturated heterocycles. The largest absolute Gasteiger partial charge is 0.269 e. The topological polar surface area (TPSA) is 89.3 Å². The second-order valence-electron chi connectivity index (χ2n) is 4.53. The van der Waals surface area contributed by atoms with Crippen LogP contribution >= 0.6 is 15.9 Å². The summed E-state index contributed by atoms with van der Waals surface area (Å²) in [4.78, 5) is 10.3. The van der Waals surface area contributed by atoms with Crippen LogP contribution in [0, 0.1) is 10.1 Å². The summed E-state index contributed by atoms with van der Waals surface area (Å²) in [5.41, 5.74) is 0.836. The number of benzene rings is 2. The Morgan fingerprint density at radius 1 is 1.05 bits per heavy atom. The van der Waals surface area contributed by atoms with Crippen molar-refractivity contribution in [3.8, 4) is 0 Å². The van der Waals surface area contributed by atoms with Crippen LogP contribution in [0.1, 0.15) is 5.56 Å². The summed E-state index contributed by atoms with van der Waals surface area (Å²) in [5.74, 6) is 0. The average Bonchev–Trinajstić information content (AvgIpc) is 2.48. The van der Waals surface area contributed by atoms with Gasteiger partial charge in [-0.1, -0.05) is 28.1 Å². The Kier molecular flexibility index (Phi) is 5.28. The molecule has 0 spiro atoms. The predicted octanol–water partition coefficient (Wildman–Crippen LogP) is 2.88. The van der Waals surface area contributed by atoms with Gasteiger partial charge in [0.1, 0.15) is 0 Å². The van der Waals surface area contributed by atoms with E-state index in [-0.39, 0.29) is 17.1 Å². The number of hydrogen-bond acceptors (Lipinski definition) is 4. The molecule has 0 aliphatic heterocycles. The summed E-state index contributed by atoms with van der Waals surface area (Å²) in [5, 5.41) is 10.5. The molecule has 8 heteroatoms. The quantitative estimate of drug-likeness (QED) is 0.612. The molecule has 0 aliphatic rings. The molecule has 0 fully saturated rings. The van der Waals surface area contributed by atoms with Crippen LogP contribution in [0.3, 0.4) is 0 Å². The van der Waals surface area contributed by atoms with Crippen LogP contribution in [-0.2, 0) is 16.4 Å². The van der Waals surface area contributed by atoms with Crippen molar-refractivity contribution < 1.29 is 13.3 Å². The van der Waals surface area contributed by atoms with Crippen molar-refractivity contribution in [1.82, 2.24) is 4.72 Å². The van der Waals surface area contributed by atoms with Crippen LogP contribution in [0.2, 0.25) is 0 Å². The zero-order valence-electron chi connectivity index (χ0n) is 11.4. The molecule has 0 radical (unpaired) electrons. The highest BCUT2D eigenvalue weighted by atomic mass is 79.9. The lowest BCUT2D eigenvalue weighted by molar-refractivity contribution is -0.384. The third-order valence-corrected chi connectivity index (χ3v) is 4.98. The van der Waals surface area contributed by atoms with Crippen molar-refractivity contribution in [2.75, 3.05) is 6.54 Å². The van der Waals surface area contributed by atoms with E-state index < -0.39 is 14.9 Å². The van der Waals surface area contributed by atoms with Crippen molar-refractivity contribution in [3.05, 3.63) is 68.7 Å². The molecule has 0 aliphatic carbocycles. The van der Waals surface area contributed by atoms with Crippen molar-refractivity contribution >= 4 is 31.6 Å². The van der Waals surface area contributed by atoms with Crippen LogP contribution in [-0.4, -0.2) is 19.9 Å². The van der Waals surface area contributed by atoms with Crippen LogP contribution in [0.15, 0.2) is 57.9 Å². The Balaban J connectivity index is 1.95. The van der Waals surface area contributed by atoms with Crippen molar-refractivity contribution in [3.63, 3.8) is 0 Å². The first-order chi connectivity index (χ1) is 10.4. The van der Waals surface area contributed by atoms with E-state index in [0.717, 1.165) is 10.0 Å². The summed E-state index contributed by atoms with van der Waals surface area (Å²) in [6.07, 6.45) is 0.452. The first-order valence-corrected chi connectivity index (χ1v) is 8.65. The van der Waals surface area contributed by atoms with E-state index in [1.54, 1.807) is 24.3 Å². The Bertz CT molecular complexity index is 758. The number of nitrogens with zero attached hydrogens (tertiary/aromatic N) is 1. The van der Waals surface area contributed by atoms with Gasteiger partial charge in [-0.05, 0) is 36.2 Å².